The van der Waals surface area contributed by atoms with Crippen molar-refractivity contribution in [3.63, 3.8) is 0 Å². The average molecular weight is 170 g/mol. The molecule has 0 heterocycles. The molecule has 0 spiro atoms. The van der Waals surface area contributed by atoms with E-state index in [1.165, 1.54) is 0 Å². The summed E-state index contributed by atoms with van der Waals surface area (Å²) in [6.45, 7) is 0. The van der Waals surface area contributed by atoms with Crippen LogP contribution in [-0.4, -0.2) is 5.71 Å². The lowest BCUT2D eigenvalue weighted by molar-refractivity contribution is -0.351. The molecule has 2 rings (SSSR count). The summed E-state index contributed by atoms with van der Waals surface area (Å²) >= 11 is 0. The normalized spacial score (nSPS) is 14.6. The van der Waals surface area contributed by atoms with Crippen LogP contribution in [0.2, 0.25) is 0 Å². The Morgan fingerprint density at radius 2 is 1.62 bits per heavy atom. The molecule has 0 aliphatic heterocycles. The molecule has 0 aromatic heterocycles. The molecule has 0 amide bonds. The highest BCUT2D eigenvalue weighted by atomic mass is 14.7. The minimum absolute atomic E-state index is 1.04. The van der Waals surface area contributed by atoms with Crippen LogP contribution in [0.25, 0.3) is 0 Å². The highest BCUT2D eigenvalue weighted by Gasteiger charge is 2.00. The van der Waals surface area contributed by atoms with Gasteiger partial charge >= 0.3 is 0 Å². The molecule has 0 unspecified atom stereocenters. The molecule has 1 aromatic carbocycles. The van der Waals surface area contributed by atoms with E-state index >= 15 is 0 Å². The standard InChI is InChI=1S/C12H11N/c1-3-7-11(8-4-1)13-12-9-5-2-6-10-12/h1,3-10H,2H2/p+1. The first-order valence-corrected chi connectivity index (χ1v) is 4.47. The Hall–Kier alpha value is -1.63. The lowest BCUT2D eigenvalue weighted by Crippen LogP contribution is -2.65. The van der Waals surface area contributed by atoms with Gasteiger partial charge in [0.05, 0.1) is 0 Å². The van der Waals surface area contributed by atoms with E-state index in [-0.39, 0.29) is 0 Å². The topological polar surface area (TPSA) is 14.0 Å². The zero-order chi connectivity index (χ0) is 8.93. The van der Waals surface area contributed by atoms with E-state index in [2.05, 4.69) is 41.4 Å². The Kier molecular flexibility index (Phi) is 2.37. The Morgan fingerprint density at radius 3 is 2.31 bits per heavy atom. The van der Waals surface area contributed by atoms with Crippen LogP contribution in [0.1, 0.15) is 6.42 Å². The average Bonchev–Trinajstić information content (AvgIpc) is 2.21. The van der Waals surface area contributed by atoms with Crippen LogP contribution in [0, 0.1) is 0 Å². The summed E-state index contributed by atoms with van der Waals surface area (Å²) in [5.41, 5.74) is 2.28. The summed E-state index contributed by atoms with van der Waals surface area (Å²) in [7, 11) is 0. The van der Waals surface area contributed by atoms with Gasteiger partial charge in [0, 0.05) is 24.3 Å². The third kappa shape index (κ3) is 2.15. The van der Waals surface area contributed by atoms with Gasteiger partial charge in [-0.15, -0.1) is 0 Å². The molecule has 0 radical (unpaired) electrons. The fourth-order valence-corrected chi connectivity index (χ4v) is 1.30. The number of hydrogen-bond acceptors (Lipinski definition) is 0. The molecule has 13 heavy (non-hydrogen) atoms. The summed E-state index contributed by atoms with van der Waals surface area (Å²) in [6, 6.07) is 10.2. The largest absolute Gasteiger partial charge is 0.205 e. The first-order chi connectivity index (χ1) is 6.45. The molecule has 1 aliphatic rings. The first kappa shape index (κ1) is 7.99. The van der Waals surface area contributed by atoms with Crippen molar-refractivity contribution in [3.8, 4) is 0 Å². The maximum atomic E-state index is 3.32. The lowest BCUT2D eigenvalue weighted by Gasteiger charge is -1.92. The maximum absolute atomic E-state index is 3.32. The smallest absolute Gasteiger partial charge is 0.203 e. The summed E-state index contributed by atoms with van der Waals surface area (Å²) in [4.78, 5) is 3.32. The zero-order valence-electron chi connectivity index (χ0n) is 7.40. The lowest BCUT2D eigenvalue weighted by atomic mass is 10.2. The second kappa shape index (κ2) is 3.85. The minimum Gasteiger partial charge on any atom is -0.205 e. The number of rotatable bonds is 1. The van der Waals surface area contributed by atoms with Gasteiger partial charge in [0.2, 0.25) is 11.4 Å². The first-order valence-electron chi connectivity index (χ1n) is 4.47. The molecule has 1 nitrogen and oxygen atoms in total. The summed E-state index contributed by atoms with van der Waals surface area (Å²) < 4.78 is 0. The molecule has 0 bridgehead atoms. The second-order valence-corrected chi connectivity index (χ2v) is 2.99. The van der Waals surface area contributed by atoms with Gasteiger partial charge in [-0.2, -0.15) is 0 Å². The molecule has 0 atom stereocenters. The van der Waals surface area contributed by atoms with Gasteiger partial charge < -0.3 is 0 Å². The van der Waals surface area contributed by atoms with Crippen LogP contribution < -0.4 is 4.99 Å². The van der Waals surface area contributed by atoms with Gasteiger partial charge in [-0.05, 0) is 6.42 Å². The molecule has 0 saturated carbocycles. The van der Waals surface area contributed by atoms with E-state index < -0.39 is 0 Å². The van der Waals surface area contributed by atoms with E-state index in [0.717, 1.165) is 17.8 Å². The highest BCUT2D eigenvalue weighted by Crippen LogP contribution is 1.97. The van der Waals surface area contributed by atoms with Gasteiger partial charge in [0.25, 0.3) is 0 Å². The van der Waals surface area contributed by atoms with Crippen LogP contribution >= 0.6 is 0 Å². The molecule has 1 N–H and O–H groups in total. The number of benzene rings is 1. The molecular weight excluding hydrogens is 158 g/mol. The van der Waals surface area contributed by atoms with E-state index in [9.17, 15) is 0 Å². The molecular formula is C12H12N+. The minimum atomic E-state index is 1.04. The molecule has 0 fully saturated rings. The van der Waals surface area contributed by atoms with Gasteiger partial charge in [0.1, 0.15) is 0 Å². The van der Waals surface area contributed by atoms with Crippen molar-refractivity contribution in [1.82, 2.24) is 0 Å². The van der Waals surface area contributed by atoms with Gasteiger partial charge in [-0.1, -0.05) is 30.4 Å². The van der Waals surface area contributed by atoms with Crippen LogP contribution in [0.3, 0.4) is 0 Å². The van der Waals surface area contributed by atoms with Gasteiger partial charge in [-0.25, -0.2) is 4.99 Å². The van der Waals surface area contributed by atoms with Crippen LogP contribution in [0.5, 0.6) is 0 Å². The van der Waals surface area contributed by atoms with Crippen molar-refractivity contribution in [2.75, 3.05) is 0 Å². The van der Waals surface area contributed by atoms with Crippen molar-refractivity contribution in [2.45, 2.75) is 6.42 Å². The van der Waals surface area contributed by atoms with Crippen molar-refractivity contribution >= 4 is 11.4 Å². The van der Waals surface area contributed by atoms with Crippen molar-refractivity contribution in [3.05, 3.63) is 54.6 Å². The predicted octanol–water partition coefficient (Wildman–Crippen LogP) is 1.36. The Morgan fingerprint density at radius 1 is 0.923 bits per heavy atom. The second-order valence-electron chi connectivity index (χ2n) is 2.99. The molecule has 64 valence electrons. The predicted molar refractivity (Wildman–Crippen MR) is 55.0 cm³/mol. The third-order valence-electron chi connectivity index (χ3n) is 1.93. The Bertz CT molecular complexity index is 344. The van der Waals surface area contributed by atoms with Crippen molar-refractivity contribution < 1.29 is 4.99 Å². The molecule has 1 aromatic rings. The zero-order valence-corrected chi connectivity index (χ0v) is 7.40. The van der Waals surface area contributed by atoms with Gasteiger partial charge in [-0.3, -0.25) is 0 Å². The van der Waals surface area contributed by atoms with E-state index in [4.69, 9.17) is 0 Å². The van der Waals surface area contributed by atoms with Crippen molar-refractivity contribution in [1.29, 1.82) is 0 Å². The van der Waals surface area contributed by atoms with E-state index in [0.29, 0.717) is 0 Å². The Balaban J connectivity index is 2.25. The van der Waals surface area contributed by atoms with Crippen LogP contribution in [-0.2, 0) is 0 Å². The molecule has 1 heteroatoms. The number of nitrogens with one attached hydrogen (secondary N) is 1. The summed E-state index contributed by atoms with van der Waals surface area (Å²) in [5.74, 6) is 0. The van der Waals surface area contributed by atoms with Gasteiger partial charge in [0.15, 0.2) is 0 Å². The van der Waals surface area contributed by atoms with E-state index in [1.807, 2.05) is 18.2 Å². The monoisotopic (exact) mass is 170 g/mol. The molecule has 0 saturated heterocycles. The SMILES string of the molecule is C1=CC(=[NH+]c2ccccc2)C=CC1. The fraction of sp³-hybridized carbons (Fsp3) is 0.0833. The number of allylic oxidation sites excluding steroid dienone is 4. The van der Waals surface area contributed by atoms with E-state index in [1.54, 1.807) is 0 Å². The highest BCUT2D eigenvalue weighted by molar-refractivity contribution is 6.00. The Labute approximate surface area is 78.1 Å². The van der Waals surface area contributed by atoms with Crippen molar-refractivity contribution in [2.24, 2.45) is 0 Å². The summed E-state index contributed by atoms with van der Waals surface area (Å²) in [5, 5.41) is 0. The summed E-state index contributed by atoms with van der Waals surface area (Å²) in [6.07, 6.45) is 9.54. The number of hydrogen-bond donors (Lipinski definition) is 1. The molecule has 1 aliphatic carbocycles. The van der Waals surface area contributed by atoms with Crippen LogP contribution in [0.15, 0.2) is 54.6 Å². The fourth-order valence-electron chi connectivity index (χ4n) is 1.30. The third-order valence-corrected chi connectivity index (χ3v) is 1.93. The quantitative estimate of drug-likeness (QED) is 0.654. The van der Waals surface area contributed by atoms with Crippen LogP contribution in [0.4, 0.5) is 5.69 Å². The number of para-hydroxylation sites is 1. The maximum Gasteiger partial charge on any atom is 0.203 e.